The van der Waals surface area contributed by atoms with Gasteiger partial charge >= 0.3 is 0 Å². The largest absolute Gasteiger partial charge is 0.431 e. The van der Waals surface area contributed by atoms with Crippen molar-refractivity contribution in [1.29, 1.82) is 0 Å². The molecule has 0 aliphatic carbocycles. The van der Waals surface area contributed by atoms with Crippen LogP contribution in [0.3, 0.4) is 0 Å². The number of hydrogen-bond donors (Lipinski definition) is 0. The van der Waals surface area contributed by atoms with Gasteiger partial charge in [-0.05, 0) is 42.3 Å². The molecule has 0 fully saturated rings. The fraction of sp³-hybridized carbons (Fsp3) is 0.188. The van der Waals surface area contributed by atoms with Gasteiger partial charge in [0.1, 0.15) is 5.52 Å². The van der Waals surface area contributed by atoms with Crippen molar-refractivity contribution in [3.05, 3.63) is 53.6 Å². The molecule has 0 aliphatic heterocycles. The number of oxazole rings is 1. The van der Waals surface area contributed by atoms with Crippen molar-refractivity contribution in [3.8, 4) is 0 Å². The molecule has 0 aliphatic rings. The Balaban J connectivity index is 1.73. The first kappa shape index (κ1) is 15.1. The molecule has 0 atom stereocenters. The van der Waals surface area contributed by atoms with Gasteiger partial charge < -0.3 is 4.42 Å². The zero-order valence-corrected chi connectivity index (χ0v) is 13.9. The average Bonchev–Trinajstić information content (AvgIpc) is 2.86. The summed E-state index contributed by atoms with van der Waals surface area (Å²) in [7, 11) is -3.15. The molecule has 2 aromatic carbocycles. The number of rotatable bonds is 4. The van der Waals surface area contributed by atoms with Crippen LogP contribution in [0, 0.1) is 6.92 Å². The fourth-order valence-electron chi connectivity index (χ4n) is 2.06. The van der Waals surface area contributed by atoms with Crippen molar-refractivity contribution < 1.29 is 12.8 Å². The van der Waals surface area contributed by atoms with Crippen LogP contribution >= 0.6 is 11.8 Å². The van der Waals surface area contributed by atoms with E-state index in [0.717, 1.165) is 22.2 Å². The standard InChI is InChI=1S/C16H15NO3S2/c1-11-3-8-15-14(9-11)17-16(20-15)21-10-12-4-6-13(7-5-12)22(2,18)19/h3-9H,10H2,1-2H3. The third-order valence-electron chi connectivity index (χ3n) is 3.24. The molecule has 3 aromatic rings. The Labute approximate surface area is 133 Å². The molecule has 3 rings (SSSR count). The Morgan fingerprint density at radius 1 is 1.14 bits per heavy atom. The smallest absolute Gasteiger partial charge is 0.257 e. The van der Waals surface area contributed by atoms with E-state index in [0.29, 0.717) is 15.9 Å². The normalized spacial score (nSPS) is 11.9. The number of nitrogens with zero attached hydrogens (tertiary/aromatic N) is 1. The van der Waals surface area contributed by atoms with Crippen LogP contribution in [0.4, 0.5) is 0 Å². The van der Waals surface area contributed by atoms with Gasteiger partial charge in [0.05, 0.1) is 4.90 Å². The maximum atomic E-state index is 11.4. The summed E-state index contributed by atoms with van der Waals surface area (Å²) in [5.74, 6) is 0.676. The molecule has 0 unspecified atom stereocenters. The molecular weight excluding hydrogens is 318 g/mol. The van der Waals surface area contributed by atoms with E-state index in [4.69, 9.17) is 4.42 Å². The lowest BCUT2D eigenvalue weighted by molar-refractivity contribution is 0.489. The second-order valence-electron chi connectivity index (χ2n) is 5.16. The van der Waals surface area contributed by atoms with Crippen molar-refractivity contribution in [1.82, 2.24) is 4.98 Å². The Kier molecular flexibility index (Phi) is 3.97. The molecule has 0 saturated carbocycles. The molecule has 1 heterocycles. The lowest BCUT2D eigenvalue weighted by Gasteiger charge is -2.01. The van der Waals surface area contributed by atoms with Crippen LogP contribution in [0.2, 0.25) is 0 Å². The molecule has 0 bridgehead atoms. The van der Waals surface area contributed by atoms with Crippen molar-refractivity contribution in [3.63, 3.8) is 0 Å². The van der Waals surface area contributed by atoms with E-state index in [-0.39, 0.29) is 0 Å². The van der Waals surface area contributed by atoms with Crippen LogP contribution in [-0.4, -0.2) is 19.7 Å². The van der Waals surface area contributed by atoms with E-state index in [1.807, 2.05) is 37.3 Å². The summed E-state index contributed by atoms with van der Waals surface area (Å²) in [5.41, 5.74) is 3.81. The van der Waals surface area contributed by atoms with E-state index in [1.54, 1.807) is 12.1 Å². The lowest BCUT2D eigenvalue weighted by atomic mass is 10.2. The summed E-state index contributed by atoms with van der Waals surface area (Å²) in [6.07, 6.45) is 1.21. The monoisotopic (exact) mass is 333 g/mol. The van der Waals surface area contributed by atoms with E-state index < -0.39 is 9.84 Å². The van der Waals surface area contributed by atoms with Gasteiger partial charge in [0, 0.05) is 12.0 Å². The minimum absolute atomic E-state index is 0.332. The molecule has 0 spiro atoms. The third-order valence-corrected chi connectivity index (χ3v) is 5.26. The minimum Gasteiger partial charge on any atom is -0.431 e. The number of sulfone groups is 1. The van der Waals surface area contributed by atoms with Crippen LogP contribution in [0.1, 0.15) is 11.1 Å². The molecule has 0 radical (unpaired) electrons. The zero-order chi connectivity index (χ0) is 15.7. The van der Waals surface area contributed by atoms with Crippen LogP contribution < -0.4 is 0 Å². The predicted octanol–water partition coefficient (Wildman–Crippen LogP) is 3.83. The Morgan fingerprint density at radius 2 is 1.86 bits per heavy atom. The van der Waals surface area contributed by atoms with E-state index in [2.05, 4.69) is 4.98 Å². The van der Waals surface area contributed by atoms with Crippen molar-refractivity contribution in [2.75, 3.05) is 6.26 Å². The van der Waals surface area contributed by atoms with Gasteiger partial charge in [-0.15, -0.1) is 0 Å². The maximum absolute atomic E-state index is 11.4. The van der Waals surface area contributed by atoms with Gasteiger partial charge in [-0.2, -0.15) is 0 Å². The van der Waals surface area contributed by atoms with E-state index in [1.165, 1.54) is 18.0 Å². The van der Waals surface area contributed by atoms with Gasteiger partial charge in [-0.1, -0.05) is 30.0 Å². The first-order valence-corrected chi connectivity index (χ1v) is 9.58. The molecule has 0 amide bonds. The van der Waals surface area contributed by atoms with Crippen LogP contribution in [0.25, 0.3) is 11.1 Å². The van der Waals surface area contributed by atoms with Crippen molar-refractivity contribution in [2.45, 2.75) is 22.8 Å². The molecule has 0 saturated heterocycles. The van der Waals surface area contributed by atoms with Crippen LogP contribution in [0.5, 0.6) is 0 Å². The summed E-state index contributed by atoms with van der Waals surface area (Å²) in [4.78, 5) is 4.78. The first-order chi connectivity index (χ1) is 10.4. The summed E-state index contributed by atoms with van der Waals surface area (Å²) in [6, 6.07) is 12.8. The van der Waals surface area contributed by atoms with Crippen molar-refractivity contribution in [2.24, 2.45) is 0 Å². The van der Waals surface area contributed by atoms with E-state index >= 15 is 0 Å². The predicted molar refractivity (Wildman–Crippen MR) is 87.9 cm³/mol. The number of aromatic nitrogens is 1. The first-order valence-electron chi connectivity index (χ1n) is 6.71. The second kappa shape index (κ2) is 5.78. The molecular formula is C16H15NO3S2. The van der Waals surface area contributed by atoms with Crippen LogP contribution in [-0.2, 0) is 15.6 Å². The number of thioether (sulfide) groups is 1. The molecule has 22 heavy (non-hydrogen) atoms. The Hall–Kier alpha value is -1.79. The maximum Gasteiger partial charge on any atom is 0.257 e. The van der Waals surface area contributed by atoms with Gasteiger partial charge in [-0.3, -0.25) is 0 Å². The number of fused-ring (bicyclic) bond motifs is 1. The molecule has 0 N–H and O–H groups in total. The fourth-order valence-corrected chi connectivity index (χ4v) is 3.48. The third kappa shape index (κ3) is 3.34. The van der Waals surface area contributed by atoms with Gasteiger partial charge in [0.2, 0.25) is 0 Å². The highest BCUT2D eigenvalue weighted by Gasteiger charge is 2.09. The Bertz CT molecular complexity index is 912. The quantitative estimate of drug-likeness (QED) is 0.679. The number of aryl methyl sites for hydroxylation is 1. The number of hydrogen-bond acceptors (Lipinski definition) is 5. The van der Waals surface area contributed by atoms with Gasteiger partial charge in [0.15, 0.2) is 15.4 Å². The zero-order valence-electron chi connectivity index (χ0n) is 12.2. The van der Waals surface area contributed by atoms with Crippen molar-refractivity contribution >= 4 is 32.7 Å². The molecule has 114 valence electrons. The molecule has 1 aromatic heterocycles. The summed E-state index contributed by atoms with van der Waals surface area (Å²) in [6.45, 7) is 2.02. The molecule has 4 nitrogen and oxygen atoms in total. The highest BCUT2D eigenvalue weighted by atomic mass is 32.2. The van der Waals surface area contributed by atoms with E-state index in [9.17, 15) is 8.42 Å². The molecule has 6 heteroatoms. The minimum atomic E-state index is -3.15. The summed E-state index contributed by atoms with van der Waals surface area (Å²) in [5, 5.41) is 0.618. The highest BCUT2D eigenvalue weighted by molar-refractivity contribution is 7.98. The number of benzene rings is 2. The lowest BCUT2D eigenvalue weighted by Crippen LogP contribution is -1.96. The summed E-state index contributed by atoms with van der Waals surface area (Å²) >= 11 is 1.49. The SMILES string of the molecule is Cc1ccc2oc(SCc3ccc(S(C)(=O)=O)cc3)nc2c1. The van der Waals surface area contributed by atoms with Gasteiger partial charge in [0.25, 0.3) is 5.22 Å². The van der Waals surface area contributed by atoms with Crippen LogP contribution in [0.15, 0.2) is 57.0 Å². The second-order valence-corrected chi connectivity index (χ2v) is 8.10. The topological polar surface area (TPSA) is 60.2 Å². The Morgan fingerprint density at radius 3 is 2.55 bits per heavy atom. The summed E-state index contributed by atoms with van der Waals surface area (Å²) < 4.78 is 28.5. The highest BCUT2D eigenvalue weighted by Crippen LogP contribution is 2.27. The van der Waals surface area contributed by atoms with Gasteiger partial charge in [-0.25, -0.2) is 13.4 Å². The average molecular weight is 333 g/mol.